The van der Waals surface area contributed by atoms with E-state index in [1.807, 2.05) is 35.8 Å². The summed E-state index contributed by atoms with van der Waals surface area (Å²) in [6, 6.07) is 27.1. The number of carbonyl (C=O) groups excluding carboxylic acids is 5. The summed E-state index contributed by atoms with van der Waals surface area (Å²) in [5, 5.41) is 12.7. The number of aryl methyl sites for hydroxylation is 2. The highest BCUT2D eigenvalue weighted by atomic mass is 16.6. The first-order chi connectivity index (χ1) is 22.5. The van der Waals surface area contributed by atoms with E-state index in [0.717, 1.165) is 5.56 Å². The Morgan fingerprint density at radius 2 is 1.19 bits per heavy atom. The summed E-state index contributed by atoms with van der Waals surface area (Å²) < 4.78 is 10.4. The minimum Gasteiger partial charge on any atom is -0.478 e. The molecule has 0 aliphatic heterocycles. The minimum absolute atomic E-state index is 0.00780. The molecule has 3 amide bonds. The van der Waals surface area contributed by atoms with Crippen LogP contribution in [0.3, 0.4) is 0 Å². The second kappa shape index (κ2) is 15.6. The fourth-order valence-electron chi connectivity index (χ4n) is 4.36. The number of carboxylic acids is 1. The van der Waals surface area contributed by atoms with Crippen molar-refractivity contribution in [2.24, 2.45) is 0 Å². The predicted molar refractivity (Wildman–Crippen MR) is 169 cm³/mol. The van der Waals surface area contributed by atoms with Gasteiger partial charge in [0.25, 0.3) is 11.8 Å². The van der Waals surface area contributed by atoms with Gasteiger partial charge in [-0.25, -0.2) is 14.4 Å². The molecule has 0 aliphatic carbocycles. The van der Waals surface area contributed by atoms with Crippen LogP contribution in [0.2, 0.25) is 0 Å². The van der Waals surface area contributed by atoms with E-state index in [0.29, 0.717) is 16.8 Å². The van der Waals surface area contributed by atoms with Gasteiger partial charge in [-0.3, -0.25) is 25.2 Å². The summed E-state index contributed by atoms with van der Waals surface area (Å²) >= 11 is 0. The monoisotopic (exact) mass is 637 g/mol. The molecule has 240 valence electrons. The zero-order chi connectivity index (χ0) is 33.9. The number of amides is 3. The SMILES string of the molecule is Cc1cccc(C(=O)O[C@H](C(=O)O)[C@@H](OC(=O)c2cccc(C)c2)C(=O)NNC(=O)c2ccc(NC(=O)Cc3ccccc3)cc2)c1. The third-order valence-electron chi connectivity index (χ3n) is 6.69. The van der Waals surface area contributed by atoms with E-state index in [1.54, 1.807) is 38.1 Å². The van der Waals surface area contributed by atoms with Crippen molar-refractivity contribution in [3.05, 3.63) is 137 Å². The Labute approximate surface area is 269 Å². The molecule has 4 N–H and O–H groups in total. The van der Waals surface area contributed by atoms with Crippen molar-refractivity contribution in [3.8, 4) is 0 Å². The van der Waals surface area contributed by atoms with Crippen LogP contribution in [0.4, 0.5) is 5.69 Å². The van der Waals surface area contributed by atoms with E-state index in [9.17, 15) is 33.9 Å². The molecule has 0 radical (unpaired) electrons. The zero-order valence-electron chi connectivity index (χ0n) is 25.4. The van der Waals surface area contributed by atoms with Crippen molar-refractivity contribution < 1.29 is 43.3 Å². The van der Waals surface area contributed by atoms with Gasteiger partial charge in [0.2, 0.25) is 18.1 Å². The highest BCUT2D eigenvalue weighted by Crippen LogP contribution is 2.16. The van der Waals surface area contributed by atoms with Gasteiger partial charge in [-0.05, 0) is 67.9 Å². The van der Waals surface area contributed by atoms with Crippen LogP contribution in [0.1, 0.15) is 47.8 Å². The molecule has 0 bridgehead atoms. The lowest BCUT2D eigenvalue weighted by Gasteiger charge is -2.23. The molecule has 0 fully saturated rings. The molecule has 0 heterocycles. The first-order valence-electron chi connectivity index (χ1n) is 14.3. The van der Waals surface area contributed by atoms with E-state index in [4.69, 9.17) is 9.47 Å². The third kappa shape index (κ3) is 9.59. The lowest BCUT2D eigenvalue weighted by molar-refractivity contribution is -0.159. The van der Waals surface area contributed by atoms with Crippen molar-refractivity contribution in [2.75, 3.05) is 5.32 Å². The summed E-state index contributed by atoms with van der Waals surface area (Å²) in [7, 11) is 0. The van der Waals surface area contributed by atoms with Crippen LogP contribution in [0.15, 0.2) is 103 Å². The number of ether oxygens (including phenoxy) is 2. The Bertz CT molecular complexity index is 1790. The van der Waals surface area contributed by atoms with Crippen molar-refractivity contribution >= 4 is 41.3 Å². The number of rotatable bonds is 11. The highest BCUT2D eigenvalue weighted by molar-refractivity contribution is 5.99. The van der Waals surface area contributed by atoms with E-state index in [-0.39, 0.29) is 29.0 Å². The number of hydrogen-bond donors (Lipinski definition) is 4. The largest absolute Gasteiger partial charge is 0.478 e. The Morgan fingerprint density at radius 3 is 1.72 bits per heavy atom. The molecule has 0 aromatic heterocycles. The van der Waals surface area contributed by atoms with Crippen LogP contribution in [0, 0.1) is 13.8 Å². The average Bonchev–Trinajstić information content (AvgIpc) is 3.05. The van der Waals surface area contributed by atoms with Gasteiger partial charge in [0, 0.05) is 11.3 Å². The van der Waals surface area contributed by atoms with Crippen LogP contribution in [0.25, 0.3) is 0 Å². The molecule has 12 heteroatoms. The van der Waals surface area contributed by atoms with Crippen molar-refractivity contribution in [1.29, 1.82) is 0 Å². The number of carbonyl (C=O) groups is 6. The van der Waals surface area contributed by atoms with Crippen LogP contribution in [-0.2, 0) is 30.3 Å². The molecule has 0 saturated carbocycles. The number of esters is 2. The molecule has 4 rings (SSSR count). The molecule has 12 nitrogen and oxygen atoms in total. The Hall–Kier alpha value is -6.30. The van der Waals surface area contributed by atoms with Gasteiger partial charge in [0.1, 0.15) is 0 Å². The molecule has 47 heavy (non-hydrogen) atoms. The van der Waals surface area contributed by atoms with E-state index in [2.05, 4.69) is 10.7 Å². The lowest BCUT2D eigenvalue weighted by Crippen LogP contribution is -2.54. The predicted octanol–water partition coefficient (Wildman–Crippen LogP) is 3.78. The number of nitrogens with one attached hydrogen (secondary N) is 3. The molecule has 4 aromatic rings. The zero-order valence-corrected chi connectivity index (χ0v) is 25.4. The quantitative estimate of drug-likeness (QED) is 0.141. The Kier molecular flexibility index (Phi) is 11.2. The molecular formula is C35H31N3O9. The summed E-state index contributed by atoms with van der Waals surface area (Å²) in [6.07, 6.45) is -4.34. The van der Waals surface area contributed by atoms with Gasteiger partial charge < -0.3 is 19.9 Å². The van der Waals surface area contributed by atoms with E-state index < -0.39 is 41.9 Å². The molecular weight excluding hydrogens is 606 g/mol. The molecule has 4 aromatic carbocycles. The van der Waals surface area contributed by atoms with Crippen LogP contribution in [0.5, 0.6) is 0 Å². The second-order valence-electron chi connectivity index (χ2n) is 10.5. The first kappa shape index (κ1) is 33.6. The highest BCUT2D eigenvalue weighted by Gasteiger charge is 2.41. The van der Waals surface area contributed by atoms with E-state index >= 15 is 0 Å². The van der Waals surface area contributed by atoms with Gasteiger partial charge in [0.15, 0.2) is 0 Å². The average molecular weight is 638 g/mol. The first-order valence-corrected chi connectivity index (χ1v) is 14.3. The normalized spacial score (nSPS) is 11.7. The number of anilines is 1. The maximum absolute atomic E-state index is 13.3. The topological polar surface area (TPSA) is 177 Å². The second-order valence-corrected chi connectivity index (χ2v) is 10.5. The van der Waals surface area contributed by atoms with Crippen LogP contribution < -0.4 is 16.2 Å². The molecule has 0 unspecified atom stereocenters. The van der Waals surface area contributed by atoms with Crippen LogP contribution in [-0.4, -0.2) is 52.9 Å². The molecule has 0 spiro atoms. The fourth-order valence-corrected chi connectivity index (χ4v) is 4.36. The number of aliphatic carboxylic acids is 1. The van der Waals surface area contributed by atoms with Gasteiger partial charge in [-0.2, -0.15) is 0 Å². The molecule has 0 saturated heterocycles. The Morgan fingerprint density at radius 1 is 0.638 bits per heavy atom. The van der Waals surface area contributed by atoms with Crippen molar-refractivity contribution in [1.82, 2.24) is 10.9 Å². The number of hydrazine groups is 1. The number of hydrogen-bond acceptors (Lipinski definition) is 8. The molecule has 0 aliphatic rings. The summed E-state index contributed by atoms with van der Waals surface area (Å²) in [5.41, 5.74) is 6.89. The molecule has 2 atom stereocenters. The van der Waals surface area contributed by atoms with Gasteiger partial charge >= 0.3 is 17.9 Å². The third-order valence-corrected chi connectivity index (χ3v) is 6.69. The summed E-state index contributed by atoms with van der Waals surface area (Å²) in [5.74, 6) is -6.28. The summed E-state index contributed by atoms with van der Waals surface area (Å²) in [6.45, 7) is 3.43. The summed E-state index contributed by atoms with van der Waals surface area (Å²) in [4.78, 5) is 76.4. The van der Waals surface area contributed by atoms with Gasteiger partial charge in [0.05, 0.1) is 17.5 Å². The maximum Gasteiger partial charge on any atom is 0.349 e. The smallest absolute Gasteiger partial charge is 0.349 e. The number of benzene rings is 4. The van der Waals surface area contributed by atoms with Gasteiger partial charge in [-0.1, -0.05) is 65.7 Å². The Balaban J connectivity index is 1.46. The van der Waals surface area contributed by atoms with E-state index in [1.165, 1.54) is 48.5 Å². The number of carboxylic acid groups (broad SMARTS) is 1. The van der Waals surface area contributed by atoms with Crippen molar-refractivity contribution in [2.45, 2.75) is 32.5 Å². The standard InChI is InChI=1S/C35H31N3O9/c1-21-8-6-12-25(18-21)34(44)46-29(30(33(42)43)47-35(45)26-13-7-9-22(2)19-26)32(41)38-37-31(40)24-14-16-27(17-15-24)36-28(39)20-23-10-4-3-5-11-23/h3-19,29-30H,20H2,1-2H3,(H,36,39)(H,37,40)(H,38,41)(H,42,43)/t29-,30+/m1/s1. The van der Waals surface area contributed by atoms with Gasteiger partial charge in [-0.15, -0.1) is 0 Å². The van der Waals surface area contributed by atoms with Crippen LogP contribution >= 0.6 is 0 Å². The maximum atomic E-state index is 13.3. The lowest BCUT2D eigenvalue weighted by atomic mass is 10.1. The minimum atomic E-state index is -2.28. The fraction of sp³-hybridized carbons (Fsp3) is 0.143. The van der Waals surface area contributed by atoms with Crippen molar-refractivity contribution in [3.63, 3.8) is 0 Å².